The number of thioether (sulfide) groups is 1. The topological polar surface area (TPSA) is 69.3 Å². The van der Waals surface area contributed by atoms with Crippen LogP contribution in [0.4, 0.5) is 0 Å². The Morgan fingerprint density at radius 1 is 1.38 bits per heavy atom. The van der Waals surface area contributed by atoms with Crippen LogP contribution in [-0.2, 0) is 16.9 Å². The van der Waals surface area contributed by atoms with E-state index in [0.29, 0.717) is 10.8 Å². The fourth-order valence-electron chi connectivity index (χ4n) is 1.17. The second-order valence-corrected chi connectivity index (χ2v) is 6.35. The van der Waals surface area contributed by atoms with Gasteiger partial charge in [0, 0.05) is 5.75 Å². The van der Waals surface area contributed by atoms with Crippen LogP contribution in [0.2, 0.25) is 0 Å². The van der Waals surface area contributed by atoms with E-state index in [4.69, 9.17) is 10.8 Å². The third-order valence-corrected chi connectivity index (χ3v) is 5.02. The summed E-state index contributed by atoms with van der Waals surface area (Å²) in [6.07, 6.45) is 0. The zero-order valence-corrected chi connectivity index (χ0v) is 10.7. The van der Waals surface area contributed by atoms with Crippen LogP contribution in [-0.4, -0.2) is 33.1 Å². The van der Waals surface area contributed by atoms with Crippen molar-refractivity contribution in [2.75, 3.05) is 17.4 Å². The summed E-state index contributed by atoms with van der Waals surface area (Å²) in [4.78, 5) is 0. The first-order chi connectivity index (χ1) is 7.72. The Kier molecular flexibility index (Phi) is 6.91. The second-order valence-electron chi connectivity index (χ2n) is 3.50. The maximum absolute atomic E-state index is 11.5. The van der Waals surface area contributed by atoms with Crippen molar-refractivity contribution in [2.45, 2.75) is 11.8 Å². The monoisotopic (exact) mass is 259 g/mol. The van der Waals surface area contributed by atoms with Crippen LogP contribution in [0.1, 0.15) is 5.56 Å². The Bertz CT molecular complexity index is 285. The van der Waals surface area contributed by atoms with E-state index in [1.54, 1.807) is 11.8 Å². The maximum Gasteiger partial charge on any atom is 0.151 e. The Morgan fingerprint density at radius 3 is 2.69 bits per heavy atom. The minimum absolute atomic E-state index is 0.102. The molecule has 1 aromatic carbocycles. The fraction of sp³-hybridized carbons (Fsp3) is 0.455. The summed E-state index contributed by atoms with van der Waals surface area (Å²) in [5, 5.41) is 9.29. The molecule has 5 heteroatoms. The molecule has 0 spiro atoms. The molecule has 3 nitrogen and oxygen atoms in total. The molecule has 0 aliphatic carbocycles. The molecule has 0 aliphatic heterocycles. The predicted octanol–water partition coefficient (Wildman–Crippen LogP) is 0.946. The van der Waals surface area contributed by atoms with Gasteiger partial charge < -0.3 is 15.4 Å². The third-order valence-electron chi connectivity index (χ3n) is 1.96. The molecule has 0 radical (unpaired) electrons. The lowest BCUT2D eigenvalue weighted by Gasteiger charge is -2.13. The molecule has 1 rings (SSSR count). The van der Waals surface area contributed by atoms with Gasteiger partial charge in [0.15, 0.2) is 5.08 Å². The molecule has 2 atom stereocenters. The quantitative estimate of drug-likeness (QED) is 0.715. The van der Waals surface area contributed by atoms with Crippen LogP contribution in [0, 0.1) is 0 Å². The van der Waals surface area contributed by atoms with Gasteiger partial charge in [-0.2, -0.15) is 0 Å². The van der Waals surface area contributed by atoms with Crippen LogP contribution in [0.15, 0.2) is 30.3 Å². The van der Waals surface area contributed by atoms with Crippen molar-refractivity contribution in [3.63, 3.8) is 0 Å². The molecule has 0 fully saturated rings. The Hall–Kier alpha value is -0.200. The highest BCUT2D eigenvalue weighted by molar-refractivity contribution is 8.12. The van der Waals surface area contributed by atoms with Crippen molar-refractivity contribution in [3.8, 4) is 0 Å². The number of aliphatic hydroxyl groups is 1. The summed E-state index contributed by atoms with van der Waals surface area (Å²) in [7, 11) is 0. The van der Waals surface area contributed by atoms with Gasteiger partial charge in [-0.25, -0.2) is 0 Å². The summed E-state index contributed by atoms with van der Waals surface area (Å²) in [6.45, 7) is -0.102. The van der Waals surface area contributed by atoms with E-state index in [0.717, 1.165) is 5.75 Å². The molecular weight excluding hydrogens is 242 g/mol. The van der Waals surface area contributed by atoms with Crippen LogP contribution < -0.4 is 5.73 Å². The van der Waals surface area contributed by atoms with Crippen molar-refractivity contribution in [2.24, 2.45) is 5.73 Å². The van der Waals surface area contributed by atoms with Gasteiger partial charge in [0.2, 0.25) is 0 Å². The zero-order chi connectivity index (χ0) is 11.8. The van der Waals surface area contributed by atoms with Gasteiger partial charge in [0.05, 0.1) is 12.6 Å². The Labute approximate surface area is 104 Å². The first-order valence-electron chi connectivity index (χ1n) is 5.05. The standard InChI is InChI=1S/C11H17NO2S2/c12-11(6-13)8-16(14)9-15-7-10-4-2-1-3-5-10/h1-5,11,13H,6-9,12H2/t11-,16?/m0/s1. The molecule has 0 aliphatic rings. The molecule has 0 saturated carbocycles. The molecule has 0 aromatic heterocycles. The van der Waals surface area contributed by atoms with Crippen molar-refractivity contribution >= 4 is 22.9 Å². The Morgan fingerprint density at radius 2 is 2.06 bits per heavy atom. The van der Waals surface area contributed by atoms with Gasteiger partial charge in [0.1, 0.15) is 5.75 Å². The highest BCUT2D eigenvalue weighted by atomic mass is 32.3. The lowest BCUT2D eigenvalue weighted by atomic mass is 10.2. The largest absolute Gasteiger partial charge is 0.616 e. The molecule has 90 valence electrons. The van der Waals surface area contributed by atoms with Crippen molar-refractivity contribution in [3.05, 3.63) is 35.9 Å². The number of hydrogen-bond donors (Lipinski definition) is 2. The van der Waals surface area contributed by atoms with Gasteiger partial charge in [-0.3, -0.25) is 0 Å². The van der Waals surface area contributed by atoms with Gasteiger partial charge in [-0.1, -0.05) is 30.3 Å². The van der Waals surface area contributed by atoms with E-state index < -0.39 is 11.2 Å². The molecule has 0 amide bonds. The van der Waals surface area contributed by atoms with Crippen LogP contribution in [0.3, 0.4) is 0 Å². The maximum atomic E-state index is 11.5. The Balaban J connectivity index is 2.15. The summed E-state index contributed by atoms with van der Waals surface area (Å²) < 4.78 is 11.5. The van der Waals surface area contributed by atoms with Gasteiger partial charge in [-0.05, 0) is 16.7 Å². The SMILES string of the molecule is N[C@@H](CO)C[S+]([O-])CSCc1ccccc1. The first-order valence-corrected chi connectivity index (χ1v) is 7.69. The van der Waals surface area contributed by atoms with Crippen LogP contribution in [0.25, 0.3) is 0 Å². The molecular formula is C11H17NO2S2. The van der Waals surface area contributed by atoms with Crippen molar-refractivity contribution in [1.82, 2.24) is 0 Å². The van der Waals surface area contributed by atoms with E-state index >= 15 is 0 Å². The second kappa shape index (κ2) is 7.97. The third kappa shape index (κ3) is 5.77. The van der Waals surface area contributed by atoms with E-state index in [2.05, 4.69) is 12.1 Å². The number of aliphatic hydroxyl groups excluding tert-OH is 1. The summed E-state index contributed by atoms with van der Waals surface area (Å²) in [5.41, 5.74) is 6.74. The minimum Gasteiger partial charge on any atom is -0.616 e. The number of hydrogen-bond acceptors (Lipinski definition) is 4. The highest BCUT2D eigenvalue weighted by Crippen LogP contribution is 2.14. The average Bonchev–Trinajstić information content (AvgIpc) is 2.30. The average molecular weight is 259 g/mol. The molecule has 1 aromatic rings. The fourth-order valence-corrected chi connectivity index (χ4v) is 3.64. The molecule has 0 bridgehead atoms. The van der Waals surface area contributed by atoms with Gasteiger partial charge >= 0.3 is 0 Å². The smallest absolute Gasteiger partial charge is 0.151 e. The van der Waals surface area contributed by atoms with Crippen LogP contribution >= 0.6 is 11.8 Å². The van der Waals surface area contributed by atoms with E-state index in [1.807, 2.05) is 18.2 Å². The van der Waals surface area contributed by atoms with Gasteiger partial charge in [-0.15, -0.1) is 11.8 Å². The highest BCUT2D eigenvalue weighted by Gasteiger charge is 2.11. The minimum atomic E-state index is -0.946. The van der Waals surface area contributed by atoms with E-state index in [9.17, 15) is 4.55 Å². The van der Waals surface area contributed by atoms with E-state index in [1.165, 1.54) is 5.56 Å². The predicted molar refractivity (Wildman–Crippen MR) is 70.7 cm³/mol. The van der Waals surface area contributed by atoms with Crippen molar-refractivity contribution in [1.29, 1.82) is 0 Å². The number of rotatable bonds is 7. The van der Waals surface area contributed by atoms with Crippen LogP contribution in [0.5, 0.6) is 0 Å². The molecule has 3 N–H and O–H groups in total. The summed E-state index contributed by atoms with van der Waals surface area (Å²) in [6, 6.07) is 9.71. The van der Waals surface area contributed by atoms with E-state index in [-0.39, 0.29) is 12.6 Å². The van der Waals surface area contributed by atoms with Gasteiger partial charge in [0.25, 0.3) is 0 Å². The molecule has 1 unspecified atom stereocenters. The summed E-state index contributed by atoms with van der Waals surface area (Å²) >= 11 is 0.684. The lowest BCUT2D eigenvalue weighted by molar-refractivity contribution is 0.274. The molecule has 16 heavy (non-hydrogen) atoms. The summed E-state index contributed by atoms with van der Waals surface area (Å²) in [5.74, 6) is 1.24. The lowest BCUT2D eigenvalue weighted by Crippen LogP contribution is -2.33. The molecule has 0 saturated heterocycles. The van der Waals surface area contributed by atoms with Crippen molar-refractivity contribution < 1.29 is 9.66 Å². The first kappa shape index (κ1) is 13.9. The number of benzene rings is 1. The zero-order valence-electron chi connectivity index (χ0n) is 9.04. The number of nitrogens with two attached hydrogens (primary N) is 1. The normalized spacial score (nSPS) is 14.7. The molecule has 0 heterocycles.